The van der Waals surface area contributed by atoms with Crippen molar-refractivity contribution in [1.29, 1.82) is 0 Å². The number of carbonyl (C=O) groups excluding carboxylic acids is 3. The number of nitrogens with zero attached hydrogens (tertiary/aromatic N) is 1. The van der Waals surface area contributed by atoms with Crippen molar-refractivity contribution in [2.24, 2.45) is 5.92 Å². The quantitative estimate of drug-likeness (QED) is 0.862. The summed E-state index contributed by atoms with van der Waals surface area (Å²) in [5, 5.41) is 7.70. The summed E-state index contributed by atoms with van der Waals surface area (Å²) in [6.07, 6.45) is 1.82. The van der Waals surface area contributed by atoms with Gasteiger partial charge >= 0.3 is 0 Å². The maximum Gasteiger partial charge on any atom is 0.261 e. The van der Waals surface area contributed by atoms with Crippen LogP contribution in [0.5, 0.6) is 0 Å². The lowest BCUT2D eigenvalue weighted by Gasteiger charge is -2.44. The zero-order valence-corrected chi connectivity index (χ0v) is 14.8. The van der Waals surface area contributed by atoms with Gasteiger partial charge in [-0.1, -0.05) is 19.9 Å². The van der Waals surface area contributed by atoms with Crippen LogP contribution >= 0.6 is 11.3 Å². The number of hydrogen-bond donors (Lipinski definition) is 2. The van der Waals surface area contributed by atoms with E-state index in [-0.39, 0.29) is 23.8 Å². The summed E-state index contributed by atoms with van der Waals surface area (Å²) in [6, 6.07) is 2.66. The van der Waals surface area contributed by atoms with Crippen LogP contribution in [0.25, 0.3) is 0 Å². The lowest BCUT2D eigenvalue weighted by molar-refractivity contribution is -0.152. The Bertz CT molecular complexity index is 629. The maximum absolute atomic E-state index is 12.6. The molecule has 2 saturated heterocycles. The summed E-state index contributed by atoms with van der Waals surface area (Å²) >= 11 is 1.39. The third-order valence-corrected chi connectivity index (χ3v) is 5.46. The number of fused-ring (bicyclic) bond motifs is 1. The molecule has 1 aromatic rings. The molecule has 6 nitrogen and oxygen atoms in total. The van der Waals surface area contributed by atoms with E-state index in [4.69, 9.17) is 0 Å². The smallest absolute Gasteiger partial charge is 0.261 e. The third-order valence-electron chi connectivity index (χ3n) is 4.59. The fraction of sp³-hybridized carbons (Fsp3) is 0.588. The highest BCUT2D eigenvalue weighted by Gasteiger charge is 2.44. The highest BCUT2D eigenvalue weighted by atomic mass is 32.1. The average Bonchev–Trinajstić information content (AvgIpc) is 3.06. The zero-order valence-electron chi connectivity index (χ0n) is 14.0. The Kier molecular flexibility index (Phi) is 4.89. The molecule has 3 rings (SSSR count). The largest absolute Gasteiger partial charge is 0.348 e. The minimum Gasteiger partial charge on any atom is -0.348 e. The summed E-state index contributed by atoms with van der Waals surface area (Å²) in [5.74, 6) is 0.147. The molecule has 2 N–H and O–H groups in total. The van der Waals surface area contributed by atoms with E-state index in [0.717, 1.165) is 0 Å². The number of thiophene rings is 1. The number of hydrogen-bond acceptors (Lipinski definition) is 4. The van der Waals surface area contributed by atoms with Crippen LogP contribution in [-0.2, 0) is 9.59 Å². The Hall–Kier alpha value is -1.89. The van der Waals surface area contributed by atoms with Crippen LogP contribution < -0.4 is 10.6 Å². The monoisotopic (exact) mass is 349 g/mol. The molecule has 130 valence electrons. The number of piperidine rings is 1. The standard InChI is InChI=1S/C17H23N3O3S/c1-10(2)8-12-17(23)20-6-5-11(9-13(20)15(21)19-12)18-16(22)14-4-3-7-24-14/h3-4,7,10-13H,5-6,8-9H2,1-2H3,(H,18,22)(H,19,21). The highest BCUT2D eigenvalue weighted by molar-refractivity contribution is 7.12. The second-order valence-corrected chi connectivity index (χ2v) is 7.86. The van der Waals surface area contributed by atoms with Crippen molar-refractivity contribution in [1.82, 2.24) is 15.5 Å². The number of nitrogens with one attached hydrogen (secondary N) is 2. The lowest BCUT2D eigenvalue weighted by atomic mass is 9.91. The van der Waals surface area contributed by atoms with Gasteiger partial charge in [0, 0.05) is 12.6 Å². The van der Waals surface area contributed by atoms with E-state index in [2.05, 4.69) is 10.6 Å². The van der Waals surface area contributed by atoms with E-state index in [1.54, 1.807) is 11.0 Å². The summed E-state index contributed by atoms with van der Waals surface area (Å²) < 4.78 is 0. The SMILES string of the molecule is CC(C)CC1NC(=O)C2CC(NC(=O)c3cccs3)CCN2C1=O. The van der Waals surface area contributed by atoms with Gasteiger partial charge in [0.25, 0.3) is 5.91 Å². The van der Waals surface area contributed by atoms with Crippen LogP contribution in [0.4, 0.5) is 0 Å². The molecule has 0 aliphatic carbocycles. The summed E-state index contributed by atoms with van der Waals surface area (Å²) in [4.78, 5) is 39.5. The Morgan fingerprint density at radius 2 is 2.25 bits per heavy atom. The van der Waals surface area contributed by atoms with E-state index in [9.17, 15) is 14.4 Å². The first-order valence-corrected chi connectivity index (χ1v) is 9.29. The van der Waals surface area contributed by atoms with Crippen molar-refractivity contribution in [2.45, 2.75) is 51.2 Å². The van der Waals surface area contributed by atoms with Gasteiger partial charge in [-0.05, 0) is 36.6 Å². The fourth-order valence-corrected chi connectivity index (χ4v) is 4.06. The Morgan fingerprint density at radius 3 is 2.92 bits per heavy atom. The van der Waals surface area contributed by atoms with Gasteiger partial charge in [0.15, 0.2) is 0 Å². The number of amides is 3. The van der Waals surface area contributed by atoms with Gasteiger partial charge in [-0.3, -0.25) is 14.4 Å². The molecule has 0 saturated carbocycles. The minimum atomic E-state index is -0.469. The van der Waals surface area contributed by atoms with Crippen LogP contribution in [0, 0.1) is 5.92 Å². The van der Waals surface area contributed by atoms with Crippen molar-refractivity contribution in [3.8, 4) is 0 Å². The second kappa shape index (κ2) is 6.93. The number of rotatable bonds is 4. The summed E-state index contributed by atoms with van der Waals surface area (Å²) in [6.45, 7) is 4.59. The van der Waals surface area contributed by atoms with Crippen LogP contribution in [0.2, 0.25) is 0 Å². The highest BCUT2D eigenvalue weighted by Crippen LogP contribution is 2.24. The van der Waals surface area contributed by atoms with Gasteiger partial charge in [-0.15, -0.1) is 11.3 Å². The molecule has 2 aliphatic heterocycles. The van der Waals surface area contributed by atoms with Gasteiger partial charge in [-0.2, -0.15) is 0 Å². The van der Waals surface area contributed by atoms with E-state index in [0.29, 0.717) is 36.6 Å². The molecule has 3 atom stereocenters. The van der Waals surface area contributed by atoms with Crippen molar-refractivity contribution < 1.29 is 14.4 Å². The van der Waals surface area contributed by atoms with E-state index in [1.165, 1.54) is 11.3 Å². The molecule has 1 aromatic heterocycles. The third kappa shape index (κ3) is 3.45. The van der Waals surface area contributed by atoms with Crippen molar-refractivity contribution >= 4 is 29.1 Å². The van der Waals surface area contributed by atoms with E-state index >= 15 is 0 Å². The van der Waals surface area contributed by atoms with Gasteiger partial charge < -0.3 is 15.5 Å². The molecule has 3 unspecified atom stereocenters. The molecule has 0 bridgehead atoms. The number of piperazine rings is 1. The van der Waals surface area contributed by atoms with Crippen molar-refractivity contribution in [3.63, 3.8) is 0 Å². The van der Waals surface area contributed by atoms with Crippen LogP contribution in [-0.4, -0.2) is 47.3 Å². The van der Waals surface area contributed by atoms with Crippen LogP contribution in [0.15, 0.2) is 17.5 Å². The first-order chi connectivity index (χ1) is 11.5. The predicted molar refractivity (Wildman–Crippen MR) is 91.7 cm³/mol. The first-order valence-electron chi connectivity index (χ1n) is 8.41. The molecule has 0 radical (unpaired) electrons. The summed E-state index contributed by atoms with van der Waals surface area (Å²) in [7, 11) is 0. The number of carbonyl (C=O) groups is 3. The Balaban J connectivity index is 1.63. The fourth-order valence-electron chi connectivity index (χ4n) is 3.43. The minimum absolute atomic E-state index is 0.0105. The van der Waals surface area contributed by atoms with Crippen molar-refractivity contribution in [2.75, 3.05) is 6.54 Å². The molecular weight excluding hydrogens is 326 g/mol. The van der Waals surface area contributed by atoms with E-state index in [1.807, 2.05) is 25.3 Å². The summed E-state index contributed by atoms with van der Waals surface area (Å²) in [5.41, 5.74) is 0. The molecule has 2 aliphatic rings. The van der Waals surface area contributed by atoms with Crippen molar-refractivity contribution in [3.05, 3.63) is 22.4 Å². The molecular formula is C17H23N3O3S. The first kappa shape index (κ1) is 17.0. The average molecular weight is 349 g/mol. The Labute approximate surface area is 145 Å². The molecule has 24 heavy (non-hydrogen) atoms. The molecule has 3 amide bonds. The van der Waals surface area contributed by atoms with Crippen LogP contribution in [0.1, 0.15) is 42.8 Å². The topological polar surface area (TPSA) is 78.5 Å². The molecule has 3 heterocycles. The Morgan fingerprint density at radius 1 is 1.46 bits per heavy atom. The lowest BCUT2D eigenvalue weighted by Crippen LogP contribution is -2.67. The normalized spacial score (nSPS) is 27.0. The van der Waals surface area contributed by atoms with Gasteiger partial charge in [-0.25, -0.2) is 0 Å². The van der Waals surface area contributed by atoms with Crippen LogP contribution in [0.3, 0.4) is 0 Å². The second-order valence-electron chi connectivity index (χ2n) is 6.91. The van der Waals surface area contributed by atoms with E-state index < -0.39 is 12.1 Å². The zero-order chi connectivity index (χ0) is 17.3. The van der Waals surface area contributed by atoms with Gasteiger partial charge in [0.1, 0.15) is 12.1 Å². The molecule has 0 aromatic carbocycles. The maximum atomic E-state index is 12.6. The van der Waals surface area contributed by atoms with Gasteiger partial charge in [0.2, 0.25) is 11.8 Å². The predicted octanol–water partition coefficient (Wildman–Crippen LogP) is 1.38. The molecule has 0 spiro atoms. The van der Waals surface area contributed by atoms with Gasteiger partial charge in [0.05, 0.1) is 4.88 Å². The molecule has 7 heteroatoms. The molecule has 2 fully saturated rings.